The van der Waals surface area contributed by atoms with Gasteiger partial charge in [0.25, 0.3) is 0 Å². The van der Waals surface area contributed by atoms with Crippen molar-refractivity contribution in [3.05, 3.63) is 55.4 Å². The quantitative estimate of drug-likeness (QED) is 0.761. The molecular formula is C16H19BrFNS. The zero-order valence-electron chi connectivity index (χ0n) is 12.0. The molecule has 0 saturated carbocycles. The molecule has 0 bridgehead atoms. The lowest BCUT2D eigenvalue weighted by molar-refractivity contribution is 0.589. The molecule has 0 aliphatic rings. The van der Waals surface area contributed by atoms with Crippen LogP contribution < -0.4 is 5.32 Å². The molecule has 0 spiro atoms. The summed E-state index contributed by atoms with van der Waals surface area (Å²) in [5.74, 6) is -0.147. The minimum atomic E-state index is -0.147. The molecule has 0 aliphatic heterocycles. The summed E-state index contributed by atoms with van der Waals surface area (Å²) in [4.78, 5) is 1.28. The number of thiophene rings is 1. The lowest BCUT2D eigenvalue weighted by Gasteiger charge is -2.20. The van der Waals surface area contributed by atoms with Crippen molar-refractivity contribution in [1.29, 1.82) is 0 Å². The van der Waals surface area contributed by atoms with E-state index >= 15 is 0 Å². The molecule has 108 valence electrons. The maximum absolute atomic E-state index is 13.5. The van der Waals surface area contributed by atoms with Crippen LogP contribution in [0.4, 0.5) is 4.39 Å². The molecule has 1 aromatic heterocycles. The van der Waals surface area contributed by atoms with Crippen LogP contribution in [0.25, 0.3) is 0 Å². The first-order chi connectivity index (χ1) is 9.52. The summed E-state index contributed by atoms with van der Waals surface area (Å²) in [7, 11) is 0. The van der Waals surface area contributed by atoms with Gasteiger partial charge in [0.15, 0.2) is 0 Å². The first-order valence-electron chi connectivity index (χ1n) is 6.78. The lowest BCUT2D eigenvalue weighted by atomic mass is 9.97. The Labute approximate surface area is 132 Å². The van der Waals surface area contributed by atoms with Crippen molar-refractivity contribution < 1.29 is 4.39 Å². The molecule has 1 aromatic carbocycles. The summed E-state index contributed by atoms with van der Waals surface area (Å²) in [6, 6.07) is 7.65. The summed E-state index contributed by atoms with van der Waals surface area (Å²) in [5, 5.41) is 3.57. The normalized spacial score (nSPS) is 12.7. The minimum Gasteiger partial charge on any atom is -0.306 e. The average molecular weight is 356 g/mol. The fourth-order valence-corrected chi connectivity index (χ4v) is 4.04. The first-order valence-corrected chi connectivity index (χ1v) is 8.39. The molecule has 1 heterocycles. The van der Waals surface area contributed by atoms with Crippen LogP contribution >= 0.6 is 27.3 Å². The van der Waals surface area contributed by atoms with Crippen molar-refractivity contribution in [2.75, 3.05) is 6.54 Å². The van der Waals surface area contributed by atoms with Gasteiger partial charge in [-0.2, -0.15) is 0 Å². The van der Waals surface area contributed by atoms with E-state index < -0.39 is 0 Å². The SMILES string of the molecule is CCCNC(c1ccc(F)c(C)c1)c1cc(Br)sc1C. The monoisotopic (exact) mass is 355 g/mol. The zero-order chi connectivity index (χ0) is 14.7. The molecule has 1 unspecified atom stereocenters. The number of halogens is 2. The molecule has 2 rings (SSSR count). The summed E-state index contributed by atoms with van der Waals surface area (Å²) in [6.45, 7) is 7.03. The highest BCUT2D eigenvalue weighted by Crippen LogP contribution is 2.34. The number of hydrogen-bond acceptors (Lipinski definition) is 2. The van der Waals surface area contributed by atoms with Crippen molar-refractivity contribution in [3.8, 4) is 0 Å². The fourth-order valence-electron chi connectivity index (χ4n) is 2.29. The Hall–Kier alpha value is -0.710. The van der Waals surface area contributed by atoms with Crippen molar-refractivity contribution in [2.45, 2.75) is 33.2 Å². The molecule has 0 radical (unpaired) electrons. The van der Waals surface area contributed by atoms with E-state index in [2.05, 4.69) is 41.2 Å². The van der Waals surface area contributed by atoms with Gasteiger partial charge < -0.3 is 5.32 Å². The average Bonchev–Trinajstić information content (AvgIpc) is 2.73. The van der Waals surface area contributed by atoms with Crippen LogP contribution in [-0.2, 0) is 0 Å². The van der Waals surface area contributed by atoms with Gasteiger partial charge in [-0.15, -0.1) is 11.3 Å². The third-order valence-electron chi connectivity index (χ3n) is 3.35. The van der Waals surface area contributed by atoms with Crippen LogP contribution in [0.3, 0.4) is 0 Å². The topological polar surface area (TPSA) is 12.0 Å². The number of hydrogen-bond donors (Lipinski definition) is 1. The minimum absolute atomic E-state index is 0.122. The van der Waals surface area contributed by atoms with Gasteiger partial charge in [0.1, 0.15) is 5.82 Å². The molecule has 4 heteroatoms. The van der Waals surface area contributed by atoms with Crippen LogP contribution in [0, 0.1) is 19.7 Å². The largest absolute Gasteiger partial charge is 0.306 e. The van der Waals surface area contributed by atoms with E-state index in [1.807, 2.05) is 19.1 Å². The zero-order valence-corrected chi connectivity index (χ0v) is 14.4. The van der Waals surface area contributed by atoms with Crippen LogP contribution in [0.1, 0.15) is 41.0 Å². The Kier molecular flexibility index (Phi) is 5.35. The van der Waals surface area contributed by atoms with E-state index in [1.54, 1.807) is 17.4 Å². The van der Waals surface area contributed by atoms with Crippen LogP contribution in [0.5, 0.6) is 0 Å². The van der Waals surface area contributed by atoms with E-state index in [0.29, 0.717) is 5.56 Å². The van der Waals surface area contributed by atoms with E-state index in [9.17, 15) is 4.39 Å². The van der Waals surface area contributed by atoms with Gasteiger partial charge in [0, 0.05) is 4.88 Å². The Bertz CT molecular complexity index is 594. The molecule has 0 fully saturated rings. The molecule has 1 N–H and O–H groups in total. The van der Waals surface area contributed by atoms with Gasteiger partial charge in [0.05, 0.1) is 9.83 Å². The van der Waals surface area contributed by atoms with Crippen molar-refractivity contribution in [1.82, 2.24) is 5.32 Å². The van der Waals surface area contributed by atoms with Crippen LogP contribution in [-0.4, -0.2) is 6.54 Å². The van der Waals surface area contributed by atoms with E-state index in [-0.39, 0.29) is 11.9 Å². The van der Waals surface area contributed by atoms with Gasteiger partial charge >= 0.3 is 0 Å². The predicted molar refractivity (Wildman–Crippen MR) is 88.0 cm³/mol. The summed E-state index contributed by atoms with van der Waals surface area (Å²) < 4.78 is 14.6. The van der Waals surface area contributed by atoms with Crippen molar-refractivity contribution in [3.63, 3.8) is 0 Å². The lowest BCUT2D eigenvalue weighted by Crippen LogP contribution is -2.23. The Morgan fingerprint density at radius 3 is 2.60 bits per heavy atom. The molecular weight excluding hydrogens is 337 g/mol. The fraction of sp³-hybridized carbons (Fsp3) is 0.375. The highest BCUT2D eigenvalue weighted by Gasteiger charge is 2.18. The van der Waals surface area contributed by atoms with E-state index in [1.165, 1.54) is 10.4 Å². The van der Waals surface area contributed by atoms with Gasteiger partial charge in [-0.25, -0.2) is 4.39 Å². The smallest absolute Gasteiger partial charge is 0.126 e. The molecule has 0 amide bonds. The molecule has 2 aromatic rings. The second-order valence-corrected chi connectivity index (χ2v) is 7.59. The summed E-state index contributed by atoms with van der Waals surface area (Å²) in [5.41, 5.74) is 3.07. The molecule has 1 nitrogen and oxygen atoms in total. The van der Waals surface area contributed by atoms with E-state index in [0.717, 1.165) is 22.3 Å². The first kappa shape index (κ1) is 15.7. The Morgan fingerprint density at radius 1 is 1.30 bits per heavy atom. The third kappa shape index (κ3) is 3.48. The highest BCUT2D eigenvalue weighted by atomic mass is 79.9. The third-order valence-corrected chi connectivity index (χ3v) is 4.92. The number of rotatable bonds is 5. The van der Waals surface area contributed by atoms with Crippen molar-refractivity contribution in [2.24, 2.45) is 0 Å². The Morgan fingerprint density at radius 2 is 2.05 bits per heavy atom. The highest BCUT2D eigenvalue weighted by molar-refractivity contribution is 9.11. The molecule has 0 aliphatic carbocycles. The number of benzene rings is 1. The number of aryl methyl sites for hydroxylation is 2. The Balaban J connectivity index is 2.41. The molecule has 1 atom stereocenters. The molecule has 0 saturated heterocycles. The van der Waals surface area contributed by atoms with Crippen LogP contribution in [0.15, 0.2) is 28.1 Å². The van der Waals surface area contributed by atoms with Gasteiger partial charge in [0.2, 0.25) is 0 Å². The number of nitrogens with one attached hydrogen (secondary N) is 1. The van der Waals surface area contributed by atoms with Crippen LogP contribution in [0.2, 0.25) is 0 Å². The van der Waals surface area contributed by atoms with Gasteiger partial charge in [-0.3, -0.25) is 0 Å². The predicted octanol–water partition coefficient (Wildman–Crippen LogP) is 5.36. The maximum atomic E-state index is 13.5. The summed E-state index contributed by atoms with van der Waals surface area (Å²) in [6.07, 6.45) is 1.07. The standard InChI is InChI=1S/C16H19BrFNS/c1-4-7-19-16(13-9-15(17)20-11(13)3)12-5-6-14(18)10(2)8-12/h5-6,8-9,16,19H,4,7H2,1-3H3. The van der Waals surface area contributed by atoms with E-state index in [4.69, 9.17) is 0 Å². The van der Waals surface area contributed by atoms with Gasteiger partial charge in [-0.05, 0) is 71.6 Å². The second kappa shape index (κ2) is 6.83. The maximum Gasteiger partial charge on any atom is 0.126 e. The summed E-state index contributed by atoms with van der Waals surface area (Å²) >= 11 is 5.28. The second-order valence-electron chi connectivity index (χ2n) is 4.96. The molecule has 20 heavy (non-hydrogen) atoms. The van der Waals surface area contributed by atoms with Crippen molar-refractivity contribution >= 4 is 27.3 Å². The van der Waals surface area contributed by atoms with Gasteiger partial charge in [-0.1, -0.05) is 19.1 Å².